The SMILES string of the molecule is COc1ccc2c(c1)CC(CCO)C2. The zero-order chi connectivity index (χ0) is 9.97. The van der Waals surface area contributed by atoms with Gasteiger partial charge in [0.25, 0.3) is 0 Å². The van der Waals surface area contributed by atoms with Crippen molar-refractivity contribution in [2.45, 2.75) is 19.3 Å². The molecule has 0 amide bonds. The molecule has 0 aliphatic heterocycles. The molecule has 0 radical (unpaired) electrons. The summed E-state index contributed by atoms with van der Waals surface area (Å²) < 4.78 is 5.19. The minimum Gasteiger partial charge on any atom is -0.497 e. The van der Waals surface area contributed by atoms with Crippen molar-refractivity contribution in [1.29, 1.82) is 0 Å². The zero-order valence-corrected chi connectivity index (χ0v) is 8.49. The largest absolute Gasteiger partial charge is 0.497 e. The number of methoxy groups -OCH3 is 1. The zero-order valence-electron chi connectivity index (χ0n) is 8.49. The topological polar surface area (TPSA) is 29.5 Å². The number of aliphatic hydroxyl groups is 1. The van der Waals surface area contributed by atoms with Crippen molar-refractivity contribution in [3.05, 3.63) is 29.3 Å². The summed E-state index contributed by atoms with van der Waals surface area (Å²) in [7, 11) is 1.70. The van der Waals surface area contributed by atoms with Gasteiger partial charge in [0.2, 0.25) is 0 Å². The van der Waals surface area contributed by atoms with Gasteiger partial charge in [-0.05, 0) is 48.4 Å². The molecule has 0 heterocycles. The summed E-state index contributed by atoms with van der Waals surface area (Å²) in [6, 6.07) is 6.28. The molecule has 0 spiro atoms. The van der Waals surface area contributed by atoms with Gasteiger partial charge >= 0.3 is 0 Å². The molecule has 0 saturated carbocycles. The molecule has 0 saturated heterocycles. The minimum atomic E-state index is 0.301. The number of hydrogen-bond donors (Lipinski definition) is 1. The molecule has 0 bridgehead atoms. The first-order chi connectivity index (χ1) is 6.83. The average Bonchev–Trinajstić information content (AvgIpc) is 2.59. The molecule has 76 valence electrons. The van der Waals surface area contributed by atoms with Crippen LogP contribution in [0, 0.1) is 5.92 Å². The maximum absolute atomic E-state index is 8.88. The number of benzene rings is 1. The van der Waals surface area contributed by atoms with Crippen LogP contribution < -0.4 is 4.74 Å². The van der Waals surface area contributed by atoms with Crippen molar-refractivity contribution in [2.75, 3.05) is 13.7 Å². The Morgan fingerprint density at radius 2 is 2.14 bits per heavy atom. The van der Waals surface area contributed by atoms with Crippen LogP contribution in [0.2, 0.25) is 0 Å². The van der Waals surface area contributed by atoms with Crippen LogP contribution >= 0.6 is 0 Å². The fourth-order valence-electron chi connectivity index (χ4n) is 2.20. The third-order valence-electron chi connectivity index (χ3n) is 2.97. The van der Waals surface area contributed by atoms with Gasteiger partial charge in [-0.1, -0.05) is 6.07 Å². The molecule has 1 aromatic rings. The van der Waals surface area contributed by atoms with Crippen LogP contribution in [0.4, 0.5) is 0 Å². The highest BCUT2D eigenvalue weighted by Gasteiger charge is 2.20. The molecule has 0 fully saturated rings. The van der Waals surface area contributed by atoms with Gasteiger partial charge in [0, 0.05) is 6.61 Å². The van der Waals surface area contributed by atoms with Crippen molar-refractivity contribution >= 4 is 0 Å². The van der Waals surface area contributed by atoms with E-state index in [9.17, 15) is 0 Å². The smallest absolute Gasteiger partial charge is 0.119 e. The van der Waals surface area contributed by atoms with E-state index in [2.05, 4.69) is 12.1 Å². The fraction of sp³-hybridized carbons (Fsp3) is 0.500. The summed E-state index contributed by atoms with van der Waals surface area (Å²) in [5.74, 6) is 1.57. The Morgan fingerprint density at radius 1 is 1.36 bits per heavy atom. The van der Waals surface area contributed by atoms with E-state index in [1.165, 1.54) is 11.1 Å². The van der Waals surface area contributed by atoms with Gasteiger partial charge in [0.1, 0.15) is 5.75 Å². The highest BCUT2D eigenvalue weighted by Crippen LogP contribution is 2.31. The number of ether oxygens (including phenoxy) is 1. The quantitative estimate of drug-likeness (QED) is 0.791. The molecular formula is C12H16O2. The molecular weight excluding hydrogens is 176 g/mol. The second-order valence-corrected chi connectivity index (χ2v) is 3.92. The van der Waals surface area contributed by atoms with Crippen molar-refractivity contribution in [1.82, 2.24) is 0 Å². The lowest BCUT2D eigenvalue weighted by molar-refractivity contribution is 0.259. The van der Waals surface area contributed by atoms with Gasteiger partial charge in [-0.3, -0.25) is 0 Å². The predicted octanol–water partition coefficient (Wildman–Crippen LogP) is 1.79. The molecule has 2 nitrogen and oxygen atoms in total. The molecule has 1 aliphatic rings. The Morgan fingerprint density at radius 3 is 2.86 bits per heavy atom. The monoisotopic (exact) mass is 192 g/mol. The summed E-state index contributed by atoms with van der Waals surface area (Å²) in [6.45, 7) is 0.301. The van der Waals surface area contributed by atoms with E-state index in [0.717, 1.165) is 25.0 Å². The molecule has 2 heteroatoms. The molecule has 1 atom stereocenters. The highest BCUT2D eigenvalue weighted by atomic mass is 16.5. The van der Waals surface area contributed by atoms with Gasteiger partial charge < -0.3 is 9.84 Å². The highest BCUT2D eigenvalue weighted by molar-refractivity contribution is 5.39. The molecule has 1 aromatic carbocycles. The Balaban J connectivity index is 2.14. The van der Waals surface area contributed by atoms with Crippen LogP contribution in [0.1, 0.15) is 17.5 Å². The van der Waals surface area contributed by atoms with E-state index in [4.69, 9.17) is 9.84 Å². The lowest BCUT2D eigenvalue weighted by Crippen LogP contribution is -2.01. The molecule has 1 unspecified atom stereocenters. The molecule has 2 rings (SSSR count). The molecule has 1 N–H and O–H groups in total. The Bertz CT molecular complexity index is 320. The maximum Gasteiger partial charge on any atom is 0.119 e. The molecule has 0 aromatic heterocycles. The van der Waals surface area contributed by atoms with Crippen molar-refractivity contribution in [2.24, 2.45) is 5.92 Å². The van der Waals surface area contributed by atoms with Crippen LogP contribution in [-0.2, 0) is 12.8 Å². The van der Waals surface area contributed by atoms with E-state index < -0.39 is 0 Å². The van der Waals surface area contributed by atoms with E-state index >= 15 is 0 Å². The normalized spacial score (nSPS) is 19.4. The summed E-state index contributed by atoms with van der Waals surface area (Å²) >= 11 is 0. The second kappa shape index (κ2) is 4.01. The maximum atomic E-state index is 8.88. The van der Waals surface area contributed by atoms with Crippen molar-refractivity contribution in [3.8, 4) is 5.75 Å². The third-order valence-corrected chi connectivity index (χ3v) is 2.97. The Labute approximate surface area is 84.5 Å². The van der Waals surface area contributed by atoms with Crippen molar-refractivity contribution < 1.29 is 9.84 Å². The van der Waals surface area contributed by atoms with Gasteiger partial charge in [-0.2, -0.15) is 0 Å². The molecule has 1 aliphatic carbocycles. The van der Waals surface area contributed by atoms with E-state index in [0.29, 0.717) is 12.5 Å². The summed E-state index contributed by atoms with van der Waals surface area (Å²) in [6.07, 6.45) is 3.12. The van der Waals surface area contributed by atoms with Crippen LogP contribution in [-0.4, -0.2) is 18.8 Å². The lowest BCUT2D eigenvalue weighted by Gasteiger charge is -2.04. The van der Waals surface area contributed by atoms with Crippen LogP contribution in [0.25, 0.3) is 0 Å². The first-order valence-electron chi connectivity index (χ1n) is 5.10. The van der Waals surface area contributed by atoms with Gasteiger partial charge in [-0.25, -0.2) is 0 Å². The second-order valence-electron chi connectivity index (χ2n) is 3.92. The van der Waals surface area contributed by atoms with E-state index in [1.54, 1.807) is 7.11 Å². The average molecular weight is 192 g/mol. The van der Waals surface area contributed by atoms with E-state index in [1.807, 2.05) is 6.07 Å². The first-order valence-corrected chi connectivity index (χ1v) is 5.10. The van der Waals surface area contributed by atoms with Crippen LogP contribution in [0.3, 0.4) is 0 Å². The fourth-order valence-corrected chi connectivity index (χ4v) is 2.20. The van der Waals surface area contributed by atoms with Gasteiger partial charge in [0.05, 0.1) is 7.11 Å². The summed E-state index contributed by atoms with van der Waals surface area (Å²) in [4.78, 5) is 0. The van der Waals surface area contributed by atoms with Gasteiger partial charge in [-0.15, -0.1) is 0 Å². The van der Waals surface area contributed by atoms with Crippen LogP contribution in [0.5, 0.6) is 5.75 Å². The third kappa shape index (κ3) is 1.75. The molecule has 14 heavy (non-hydrogen) atoms. The summed E-state index contributed by atoms with van der Waals surface area (Å²) in [5.41, 5.74) is 2.81. The number of fused-ring (bicyclic) bond motifs is 1. The van der Waals surface area contributed by atoms with Gasteiger partial charge in [0.15, 0.2) is 0 Å². The number of rotatable bonds is 3. The minimum absolute atomic E-state index is 0.301. The summed E-state index contributed by atoms with van der Waals surface area (Å²) in [5, 5.41) is 8.88. The lowest BCUT2D eigenvalue weighted by atomic mass is 10.0. The van der Waals surface area contributed by atoms with E-state index in [-0.39, 0.29) is 0 Å². The number of hydrogen-bond acceptors (Lipinski definition) is 2. The Hall–Kier alpha value is -1.02. The Kier molecular flexibility index (Phi) is 2.73. The van der Waals surface area contributed by atoms with Crippen molar-refractivity contribution in [3.63, 3.8) is 0 Å². The van der Waals surface area contributed by atoms with Crippen LogP contribution in [0.15, 0.2) is 18.2 Å². The first kappa shape index (κ1) is 9.53. The standard InChI is InChI=1S/C12H16O2/c1-14-12-3-2-10-6-9(4-5-13)7-11(10)8-12/h2-3,8-9,13H,4-7H2,1H3. The predicted molar refractivity (Wildman–Crippen MR) is 55.6 cm³/mol. The number of aliphatic hydroxyl groups excluding tert-OH is 1.